The summed E-state index contributed by atoms with van der Waals surface area (Å²) in [6, 6.07) is 0. The van der Waals surface area contributed by atoms with Gasteiger partial charge in [0.15, 0.2) is 5.78 Å². The number of amides is 1. The number of Topliss-reactive ketones (excluding diaryl/α,β-unsaturated/α-hetero) is 1. The highest BCUT2D eigenvalue weighted by Crippen LogP contribution is 2.55. The maximum absolute atomic E-state index is 12.7. The third kappa shape index (κ3) is 2.74. The van der Waals surface area contributed by atoms with Crippen LogP contribution in [0.25, 0.3) is 0 Å². The molecule has 1 heterocycles. The number of hydrogen-bond acceptors (Lipinski definition) is 4. The number of halogens is 3. The first-order chi connectivity index (χ1) is 10.1. The van der Waals surface area contributed by atoms with Gasteiger partial charge < -0.3 is 15.7 Å². The fourth-order valence-corrected chi connectivity index (χ4v) is 3.32. The lowest BCUT2D eigenvalue weighted by Crippen LogP contribution is -2.57. The van der Waals surface area contributed by atoms with Crippen LogP contribution in [0, 0.1) is 11.3 Å². The van der Waals surface area contributed by atoms with Gasteiger partial charge in [0.05, 0.1) is 6.54 Å². The summed E-state index contributed by atoms with van der Waals surface area (Å²) in [6.07, 6.45) is -2.55. The Hall–Kier alpha value is -1.15. The van der Waals surface area contributed by atoms with Crippen LogP contribution in [-0.2, 0) is 9.59 Å². The van der Waals surface area contributed by atoms with E-state index in [0.717, 1.165) is 17.7 Å². The van der Waals surface area contributed by atoms with E-state index in [1.165, 1.54) is 0 Å². The molecule has 2 rings (SSSR count). The Balaban J connectivity index is 1.98. The van der Waals surface area contributed by atoms with E-state index in [0.29, 0.717) is 19.8 Å². The van der Waals surface area contributed by atoms with Gasteiger partial charge in [-0.1, -0.05) is 0 Å². The molecule has 0 unspecified atom stereocenters. The van der Waals surface area contributed by atoms with Crippen LogP contribution in [0.5, 0.6) is 0 Å². The molecule has 1 amide bonds. The second kappa shape index (κ2) is 5.49. The Morgan fingerprint density at radius 1 is 1.27 bits per heavy atom. The Morgan fingerprint density at radius 2 is 1.77 bits per heavy atom. The van der Waals surface area contributed by atoms with E-state index in [9.17, 15) is 27.9 Å². The van der Waals surface area contributed by atoms with E-state index >= 15 is 0 Å². The minimum atomic E-state index is -5.01. The predicted octanol–water partition coefficient (Wildman–Crippen LogP) is 0.846. The van der Waals surface area contributed by atoms with Crippen LogP contribution in [0.1, 0.15) is 32.6 Å². The van der Waals surface area contributed by atoms with Gasteiger partial charge in [0.2, 0.25) is 5.60 Å². The van der Waals surface area contributed by atoms with Crippen molar-refractivity contribution in [1.29, 1.82) is 0 Å². The van der Waals surface area contributed by atoms with Crippen molar-refractivity contribution in [3.8, 4) is 0 Å². The Bertz CT molecular complexity index is 464. The Kier molecular flexibility index (Phi) is 4.29. The van der Waals surface area contributed by atoms with E-state index in [-0.39, 0.29) is 31.3 Å². The van der Waals surface area contributed by atoms with Gasteiger partial charge in [0, 0.05) is 18.5 Å². The quantitative estimate of drug-likeness (QED) is 0.804. The molecule has 8 heteroatoms. The molecule has 5 nitrogen and oxygen atoms in total. The van der Waals surface area contributed by atoms with E-state index in [4.69, 9.17) is 5.73 Å². The summed E-state index contributed by atoms with van der Waals surface area (Å²) < 4.78 is 38.1. The van der Waals surface area contributed by atoms with Crippen molar-refractivity contribution in [3.05, 3.63) is 0 Å². The van der Waals surface area contributed by atoms with Gasteiger partial charge in [-0.3, -0.25) is 9.59 Å². The van der Waals surface area contributed by atoms with Crippen LogP contribution in [0.3, 0.4) is 0 Å². The van der Waals surface area contributed by atoms with E-state index in [2.05, 4.69) is 0 Å². The van der Waals surface area contributed by atoms with Crippen molar-refractivity contribution in [2.24, 2.45) is 17.1 Å². The second-order valence-electron chi connectivity index (χ2n) is 6.42. The lowest BCUT2D eigenvalue weighted by atomic mass is 9.78. The normalized spacial score (nSPS) is 24.7. The molecule has 22 heavy (non-hydrogen) atoms. The number of carbonyl (C=O) groups is 2. The summed E-state index contributed by atoms with van der Waals surface area (Å²) in [4.78, 5) is 24.8. The van der Waals surface area contributed by atoms with Gasteiger partial charge >= 0.3 is 6.18 Å². The van der Waals surface area contributed by atoms with Gasteiger partial charge in [-0.25, -0.2) is 0 Å². The van der Waals surface area contributed by atoms with Crippen molar-refractivity contribution < 1.29 is 27.9 Å². The number of ketones is 1. The van der Waals surface area contributed by atoms with Crippen LogP contribution in [0.15, 0.2) is 0 Å². The second-order valence-corrected chi connectivity index (χ2v) is 6.42. The predicted molar refractivity (Wildman–Crippen MR) is 71.7 cm³/mol. The van der Waals surface area contributed by atoms with E-state index in [1.807, 2.05) is 0 Å². The van der Waals surface area contributed by atoms with Gasteiger partial charge in [-0.05, 0) is 38.5 Å². The van der Waals surface area contributed by atoms with Crippen LogP contribution in [-0.4, -0.2) is 53.1 Å². The van der Waals surface area contributed by atoms with Crippen molar-refractivity contribution in [2.75, 3.05) is 19.6 Å². The van der Waals surface area contributed by atoms with Crippen LogP contribution in [0.2, 0.25) is 0 Å². The van der Waals surface area contributed by atoms with Crippen molar-refractivity contribution in [3.63, 3.8) is 0 Å². The first-order valence-electron chi connectivity index (χ1n) is 7.38. The minimum absolute atomic E-state index is 0.000403. The number of aliphatic hydroxyl groups is 1. The highest BCUT2D eigenvalue weighted by Gasteiger charge is 2.59. The number of nitrogens with two attached hydrogens (primary N) is 1. The van der Waals surface area contributed by atoms with Crippen molar-refractivity contribution >= 4 is 11.7 Å². The third-order valence-corrected chi connectivity index (χ3v) is 5.06. The number of likely N-dealkylation sites (tertiary alicyclic amines) is 1. The Morgan fingerprint density at radius 3 is 2.14 bits per heavy atom. The highest BCUT2D eigenvalue weighted by molar-refractivity contribution is 5.89. The molecule has 1 saturated heterocycles. The molecule has 3 N–H and O–H groups in total. The van der Waals surface area contributed by atoms with Gasteiger partial charge in [0.1, 0.15) is 0 Å². The summed E-state index contributed by atoms with van der Waals surface area (Å²) in [5, 5.41) is 9.45. The monoisotopic (exact) mass is 322 g/mol. The molecule has 2 aliphatic rings. The number of piperidine rings is 1. The molecule has 0 radical (unpaired) electrons. The molecule has 1 aliphatic heterocycles. The van der Waals surface area contributed by atoms with Crippen molar-refractivity contribution in [2.45, 2.75) is 44.4 Å². The first kappa shape index (κ1) is 17.2. The summed E-state index contributed by atoms with van der Waals surface area (Å²) >= 11 is 0. The zero-order valence-corrected chi connectivity index (χ0v) is 12.4. The fourth-order valence-electron chi connectivity index (χ4n) is 3.32. The van der Waals surface area contributed by atoms with Crippen molar-refractivity contribution in [1.82, 2.24) is 4.90 Å². The lowest BCUT2D eigenvalue weighted by Gasteiger charge is -2.39. The highest BCUT2D eigenvalue weighted by atomic mass is 19.4. The van der Waals surface area contributed by atoms with Crippen LogP contribution in [0.4, 0.5) is 13.2 Å². The summed E-state index contributed by atoms with van der Waals surface area (Å²) in [6.45, 7) is 0.689. The number of nitrogens with zero attached hydrogens (tertiary/aromatic N) is 1. The maximum Gasteiger partial charge on any atom is 0.426 e. The number of carbonyl (C=O) groups excluding carboxylic acids is 2. The standard InChI is InChI=1S/C14H21F3N2O3/c1-12(22,14(15,16)17)11(21)19-6-2-9(3-7-19)13(4-5-13)10(20)8-18/h9,22H,2-8,18H2,1H3/t12-/m1/s1. The fraction of sp³-hybridized carbons (Fsp3) is 0.857. The summed E-state index contributed by atoms with van der Waals surface area (Å²) in [5.74, 6) is -1.27. The van der Waals surface area contributed by atoms with E-state index < -0.39 is 23.1 Å². The molecule has 1 saturated carbocycles. The number of alkyl halides is 3. The molecular weight excluding hydrogens is 301 g/mol. The molecule has 1 aliphatic carbocycles. The first-order valence-corrected chi connectivity index (χ1v) is 7.38. The molecule has 0 bridgehead atoms. The molecule has 0 aromatic carbocycles. The zero-order chi connectivity index (χ0) is 16.8. The number of rotatable bonds is 4. The average Bonchev–Trinajstić information content (AvgIpc) is 3.26. The minimum Gasteiger partial charge on any atom is -0.373 e. The van der Waals surface area contributed by atoms with Gasteiger partial charge in [0.25, 0.3) is 5.91 Å². The molecular formula is C14H21F3N2O3. The molecule has 0 aromatic rings. The molecule has 1 atom stereocenters. The van der Waals surface area contributed by atoms with Gasteiger partial charge in [-0.15, -0.1) is 0 Å². The Labute approximate surface area is 126 Å². The van der Waals surface area contributed by atoms with E-state index in [1.54, 1.807) is 0 Å². The molecule has 0 spiro atoms. The largest absolute Gasteiger partial charge is 0.426 e. The average molecular weight is 322 g/mol. The van der Waals surface area contributed by atoms with Gasteiger partial charge in [-0.2, -0.15) is 13.2 Å². The van der Waals surface area contributed by atoms with Crippen LogP contribution >= 0.6 is 0 Å². The van der Waals surface area contributed by atoms with Crippen LogP contribution < -0.4 is 5.73 Å². The molecule has 0 aromatic heterocycles. The maximum atomic E-state index is 12.7. The SMILES string of the molecule is C[C@@](O)(C(=O)N1CCC(C2(C(=O)CN)CC2)CC1)C(F)(F)F. The molecule has 126 valence electrons. The third-order valence-electron chi connectivity index (χ3n) is 5.06. The summed E-state index contributed by atoms with van der Waals surface area (Å²) in [5.41, 5.74) is 1.62. The smallest absolute Gasteiger partial charge is 0.373 e. The summed E-state index contributed by atoms with van der Waals surface area (Å²) in [7, 11) is 0. The topological polar surface area (TPSA) is 83.6 Å². The lowest BCUT2D eigenvalue weighted by molar-refractivity contribution is -0.250. The molecule has 2 fully saturated rings. The zero-order valence-electron chi connectivity index (χ0n) is 12.4. The number of hydrogen-bond donors (Lipinski definition) is 2.